The van der Waals surface area contributed by atoms with Crippen molar-refractivity contribution in [2.24, 2.45) is 23.7 Å². The molecule has 20 heavy (non-hydrogen) atoms. The smallest absolute Gasteiger partial charge is 0.307 e. The molecule has 3 rings (SSSR count). The fourth-order valence-corrected chi connectivity index (χ4v) is 4.17. The largest absolute Gasteiger partial charge is 0.481 e. The van der Waals surface area contributed by atoms with Crippen molar-refractivity contribution in [3.63, 3.8) is 0 Å². The molecule has 1 heterocycles. The maximum atomic E-state index is 12.5. The summed E-state index contributed by atoms with van der Waals surface area (Å²) in [6, 6.07) is 0. The molecule has 0 aromatic heterocycles. The van der Waals surface area contributed by atoms with E-state index in [1.165, 1.54) is 0 Å². The van der Waals surface area contributed by atoms with Crippen LogP contribution in [0.4, 0.5) is 0 Å². The maximum Gasteiger partial charge on any atom is 0.307 e. The predicted molar refractivity (Wildman–Crippen MR) is 72.7 cm³/mol. The molecule has 112 valence electrons. The first kappa shape index (κ1) is 13.8. The van der Waals surface area contributed by atoms with Crippen molar-refractivity contribution in [3.8, 4) is 0 Å². The Balaban J connectivity index is 1.63. The SMILES string of the molecule is CN1CCN(NC(=O)C2C3CCC(C3)C2C(=O)O)CC1. The summed E-state index contributed by atoms with van der Waals surface area (Å²) in [5, 5.41) is 11.3. The van der Waals surface area contributed by atoms with Crippen LogP contribution in [0.3, 0.4) is 0 Å². The minimum Gasteiger partial charge on any atom is -0.481 e. The summed E-state index contributed by atoms with van der Waals surface area (Å²) in [6.07, 6.45) is 2.90. The highest BCUT2D eigenvalue weighted by atomic mass is 16.4. The summed E-state index contributed by atoms with van der Waals surface area (Å²) in [5.41, 5.74) is 2.96. The summed E-state index contributed by atoms with van der Waals surface area (Å²) in [4.78, 5) is 26.1. The highest BCUT2D eigenvalue weighted by Gasteiger charge is 2.54. The zero-order valence-corrected chi connectivity index (χ0v) is 11.9. The molecule has 0 aromatic carbocycles. The molecule has 2 bridgehead atoms. The van der Waals surface area contributed by atoms with Crippen molar-refractivity contribution in [2.45, 2.75) is 19.3 Å². The highest BCUT2D eigenvalue weighted by molar-refractivity contribution is 5.85. The number of piperazine rings is 1. The number of hydrazine groups is 1. The number of carbonyl (C=O) groups is 2. The lowest BCUT2D eigenvalue weighted by Gasteiger charge is -2.35. The van der Waals surface area contributed by atoms with Gasteiger partial charge in [0.1, 0.15) is 0 Å². The molecule has 2 saturated carbocycles. The van der Waals surface area contributed by atoms with Gasteiger partial charge in [0.2, 0.25) is 5.91 Å². The van der Waals surface area contributed by atoms with Gasteiger partial charge >= 0.3 is 5.97 Å². The number of fused-ring (bicyclic) bond motifs is 2. The molecule has 4 atom stereocenters. The first-order valence-electron chi connectivity index (χ1n) is 7.53. The number of hydrogen-bond acceptors (Lipinski definition) is 4. The number of nitrogens with zero attached hydrogens (tertiary/aromatic N) is 2. The van der Waals surface area contributed by atoms with Gasteiger partial charge in [0.25, 0.3) is 0 Å². The molecule has 4 unspecified atom stereocenters. The molecular weight excluding hydrogens is 258 g/mol. The van der Waals surface area contributed by atoms with Crippen LogP contribution >= 0.6 is 0 Å². The lowest BCUT2D eigenvalue weighted by Crippen LogP contribution is -2.55. The summed E-state index contributed by atoms with van der Waals surface area (Å²) in [6.45, 7) is 3.47. The molecule has 1 amide bonds. The van der Waals surface area contributed by atoms with Gasteiger partial charge < -0.3 is 10.0 Å². The zero-order valence-electron chi connectivity index (χ0n) is 11.9. The average Bonchev–Trinajstić information content (AvgIpc) is 3.01. The van der Waals surface area contributed by atoms with E-state index < -0.39 is 11.9 Å². The fraction of sp³-hybridized carbons (Fsp3) is 0.857. The molecule has 2 N–H and O–H groups in total. The van der Waals surface area contributed by atoms with Gasteiger partial charge in [-0.1, -0.05) is 0 Å². The number of amides is 1. The molecule has 3 fully saturated rings. The van der Waals surface area contributed by atoms with Crippen molar-refractivity contribution < 1.29 is 14.7 Å². The Bertz CT molecular complexity index is 406. The monoisotopic (exact) mass is 281 g/mol. The minimum absolute atomic E-state index is 0.0749. The van der Waals surface area contributed by atoms with Crippen LogP contribution in [0.1, 0.15) is 19.3 Å². The standard InChI is InChI=1S/C14H23N3O3/c1-16-4-6-17(7-5-16)15-13(18)11-9-2-3-10(8-9)12(11)14(19)20/h9-12H,2-8H2,1H3,(H,15,18)(H,19,20). The molecule has 6 heteroatoms. The fourth-order valence-electron chi connectivity index (χ4n) is 4.17. The maximum absolute atomic E-state index is 12.5. The van der Waals surface area contributed by atoms with E-state index in [1.807, 2.05) is 5.01 Å². The van der Waals surface area contributed by atoms with E-state index >= 15 is 0 Å². The van der Waals surface area contributed by atoms with E-state index in [0.717, 1.165) is 45.4 Å². The summed E-state index contributed by atoms with van der Waals surface area (Å²) in [5.74, 6) is -1.19. The van der Waals surface area contributed by atoms with Crippen LogP contribution in [-0.2, 0) is 9.59 Å². The number of rotatable bonds is 3. The summed E-state index contributed by atoms with van der Waals surface area (Å²) < 4.78 is 0. The third-order valence-corrected chi connectivity index (χ3v) is 5.28. The third-order valence-electron chi connectivity index (χ3n) is 5.28. The molecular formula is C14H23N3O3. The van der Waals surface area contributed by atoms with Crippen LogP contribution in [0.5, 0.6) is 0 Å². The lowest BCUT2D eigenvalue weighted by atomic mass is 9.79. The second-order valence-corrected chi connectivity index (χ2v) is 6.49. The van der Waals surface area contributed by atoms with Gasteiger partial charge in [-0.25, -0.2) is 5.01 Å². The van der Waals surface area contributed by atoms with Gasteiger partial charge in [-0.15, -0.1) is 0 Å². The first-order chi connectivity index (χ1) is 9.56. The van der Waals surface area contributed by atoms with E-state index in [2.05, 4.69) is 17.4 Å². The number of carbonyl (C=O) groups excluding carboxylic acids is 1. The molecule has 3 aliphatic rings. The zero-order chi connectivity index (χ0) is 14.3. The molecule has 0 radical (unpaired) electrons. The number of carboxylic acids is 1. The van der Waals surface area contributed by atoms with Gasteiger partial charge in [-0.05, 0) is 38.1 Å². The van der Waals surface area contributed by atoms with Crippen LogP contribution in [-0.4, -0.2) is 60.1 Å². The van der Waals surface area contributed by atoms with Crippen LogP contribution < -0.4 is 5.43 Å². The first-order valence-corrected chi connectivity index (χ1v) is 7.53. The summed E-state index contributed by atoms with van der Waals surface area (Å²) in [7, 11) is 2.07. The Labute approximate surface area is 119 Å². The van der Waals surface area contributed by atoms with Crippen molar-refractivity contribution in [2.75, 3.05) is 33.2 Å². The van der Waals surface area contributed by atoms with Gasteiger partial charge in [-0.3, -0.25) is 15.0 Å². The molecule has 0 aromatic rings. The Morgan fingerprint density at radius 3 is 2.25 bits per heavy atom. The Hall–Kier alpha value is -1.14. The molecule has 1 aliphatic heterocycles. The normalized spacial score (nSPS) is 38.0. The van der Waals surface area contributed by atoms with Gasteiger partial charge in [0.15, 0.2) is 0 Å². The second-order valence-electron chi connectivity index (χ2n) is 6.49. The predicted octanol–water partition coefficient (Wildman–Crippen LogP) is 0.0119. The number of likely N-dealkylation sites (N-methyl/N-ethyl adjacent to an activating group) is 1. The van der Waals surface area contributed by atoms with E-state index in [9.17, 15) is 14.7 Å². The van der Waals surface area contributed by atoms with Crippen molar-refractivity contribution in [3.05, 3.63) is 0 Å². The summed E-state index contributed by atoms with van der Waals surface area (Å²) >= 11 is 0. The Morgan fingerprint density at radius 1 is 1.05 bits per heavy atom. The molecule has 2 aliphatic carbocycles. The minimum atomic E-state index is -0.796. The second kappa shape index (κ2) is 5.33. The van der Waals surface area contributed by atoms with E-state index in [-0.39, 0.29) is 23.7 Å². The topological polar surface area (TPSA) is 72.9 Å². The third kappa shape index (κ3) is 2.42. The van der Waals surface area contributed by atoms with Gasteiger partial charge in [0.05, 0.1) is 11.8 Å². The molecule has 1 saturated heterocycles. The number of carboxylic acid groups (broad SMARTS) is 1. The average molecular weight is 281 g/mol. The Morgan fingerprint density at radius 2 is 1.65 bits per heavy atom. The number of aliphatic carboxylic acids is 1. The van der Waals surface area contributed by atoms with Crippen molar-refractivity contribution >= 4 is 11.9 Å². The lowest BCUT2D eigenvalue weighted by molar-refractivity contribution is -0.151. The van der Waals surface area contributed by atoms with Crippen LogP contribution in [0.2, 0.25) is 0 Å². The number of hydrogen-bond donors (Lipinski definition) is 2. The molecule has 0 spiro atoms. The van der Waals surface area contributed by atoms with Gasteiger partial charge in [-0.2, -0.15) is 0 Å². The van der Waals surface area contributed by atoms with Crippen LogP contribution in [0.15, 0.2) is 0 Å². The van der Waals surface area contributed by atoms with Crippen molar-refractivity contribution in [1.82, 2.24) is 15.3 Å². The Kier molecular flexibility index (Phi) is 3.69. The van der Waals surface area contributed by atoms with Gasteiger partial charge in [0, 0.05) is 26.2 Å². The van der Waals surface area contributed by atoms with Crippen LogP contribution in [0, 0.1) is 23.7 Å². The van der Waals surface area contributed by atoms with E-state index in [0.29, 0.717) is 0 Å². The van der Waals surface area contributed by atoms with E-state index in [4.69, 9.17) is 0 Å². The van der Waals surface area contributed by atoms with Crippen molar-refractivity contribution in [1.29, 1.82) is 0 Å². The van der Waals surface area contributed by atoms with E-state index in [1.54, 1.807) is 0 Å². The molecule has 6 nitrogen and oxygen atoms in total. The number of nitrogens with one attached hydrogen (secondary N) is 1. The van der Waals surface area contributed by atoms with Crippen LogP contribution in [0.25, 0.3) is 0 Å². The highest BCUT2D eigenvalue weighted by Crippen LogP contribution is 2.52. The quantitative estimate of drug-likeness (QED) is 0.762.